The fraction of sp³-hybridized carbons (Fsp3) is 0.200. The molecule has 1 amide bonds. The van der Waals surface area contributed by atoms with Crippen molar-refractivity contribution >= 4 is 46.7 Å². The highest BCUT2D eigenvalue weighted by molar-refractivity contribution is 7.98. The molecule has 0 aliphatic rings. The maximum atomic E-state index is 12.7. The molecule has 1 heterocycles. The van der Waals surface area contributed by atoms with Crippen LogP contribution in [0.25, 0.3) is 0 Å². The Morgan fingerprint density at radius 2 is 1.86 bits per heavy atom. The number of benzene rings is 2. The summed E-state index contributed by atoms with van der Waals surface area (Å²) in [6, 6.07) is 13.6. The van der Waals surface area contributed by atoms with Crippen LogP contribution in [0, 0.1) is 0 Å². The van der Waals surface area contributed by atoms with Crippen LogP contribution in [0.2, 0.25) is 5.02 Å². The second-order valence-electron chi connectivity index (χ2n) is 6.39. The van der Waals surface area contributed by atoms with Crippen LogP contribution in [-0.4, -0.2) is 26.5 Å². The van der Waals surface area contributed by atoms with Gasteiger partial charge < -0.3 is 11.1 Å². The molecular weight excluding hydrogens is 410 g/mol. The highest BCUT2D eigenvalue weighted by atomic mass is 35.5. The molecule has 29 heavy (non-hydrogen) atoms. The number of carbonyl (C=O) groups is 2. The summed E-state index contributed by atoms with van der Waals surface area (Å²) in [5.41, 5.74) is 8.08. The van der Waals surface area contributed by atoms with Gasteiger partial charge in [0.1, 0.15) is 6.04 Å². The highest BCUT2D eigenvalue weighted by Crippen LogP contribution is 2.29. The van der Waals surface area contributed by atoms with E-state index in [2.05, 4.69) is 15.5 Å². The lowest BCUT2D eigenvalue weighted by Gasteiger charge is -2.16. The lowest BCUT2D eigenvalue weighted by Crippen LogP contribution is -2.25. The standard InChI is InChI=1S/C20H20ClN5O2S/c1-12(18(28)23-16-9-7-14(8-10-16)13(2)27)26-19(22)24-25-20(26)29-11-15-5-3-4-6-17(15)21/h3-10,12H,11H2,1-2H3,(H2,22,24)(H,23,28). The third kappa shape index (κ3) is 4.96. The Morgan fingerprint density at radius 3 is 2.52 bits per heavy atom. The smallest absolute Gasteiger partial charge is 0.247 e. The Hall–Kier alpha value is -2.84. The third-order valence-electron chi connectivity index (χ3n) is 4.33. The highest BCUT2D eigenvalue weighted by Gasteiger charge is 2.22. The molecule has 0 radical (unpaired) electrons. The first kappa shape index (κ1) is 20.9. The van der Waals surface area contributed by atoms with Crippen molar-refractivity contribution in [3.05, 3.63) is 64.7 Å². The van der Waals surface area contributed by atoms with Crippen LogP contribution in [-0.2, 0) is 10.5 Å². The van der Waals surface area contributed by atoms with Gasteiger partial charge in [0.25, 0.3) is 0 Å². The van der Waals surface area contributed by atoms with E-state index in [9.17, 15) is 9.59 Å². The molecule has 3 aromatic rings. The van der Waals surface area contributed by atoms with Gasteiger partial charge in [0.05, 0.1) is 0 Å². The normalized spacial score (nSPS) is 11.8. The van der Waals surface area contributed by atoms with Gasteiger partial charge in [-0.3, -0.25) is 14.2 Å². The second-order valence-corrected chi connectivity index (χ2v) is 7.74. The van der Waals surface area contributed by atoms with E-state index in [4.69, 9.17) is 17.3 Å². The molecule has 0 aliphatic carbocycles. The molecule has 3 rings (SSSR count). The fourth-order valence-electron chi connectivity index (χ4n) is 2.66. The fourth-order valence-corrected chi connectivity index (χ4v) is 3.97. The van der Waals surface area contributed by atoms with E-state index in [1.54, 1.807) is 35.8 Å². The van der Waals surface area contributed by atoms with Crippen molar-refractivity contribution in [1.82, 2.24) is 14.8 Å². The number of thioether (sulfide) groups is 1. The molecule has 7 nitrogen and oxygen atoms in total. The first-order valence-electron chi connectivity index (χ1n) is 8.85. The Kier molecular flexibility index (Phi) is 6.56. The molecule has 0 saturated heterocycles. The van der Waals surface area contributed by atoms with E-state index < -0.39 is 6.04 Å². The number of ketones is 1. The lowest BCUT2D eigenvalue weighted by molar-refractivity contribution is -0.118. The molecule has 0 bridgehead atoms. The summed E-state index contributed by atoms with van der Waals surface area (Å²) < 4.78 is 1.58. The minimum Gasteiger partial charge on any atom is -0.368 e. The zero-order chi connectivity index (χ0) is 21.0. The van der Waals surface area contributed by atoms with Gasteiger partial charge in [0.15, 0.2) is 10.9 Å². The summed E-state index contributed by atoms with van der Waals surface area (Å²) in [5.74, 6) is 0.417. The van der Waals surface area contributed by atoms with Gasteiger partial charge in [-0.15, -0.1) is 10.2 Å². The van der Waals surface area contributed by atoms with Crippen LogP contribution in [0.3, 0.4) is 0 Å². The van der Waals surface area contributed by atoms with E-state index in [1.807, 2.05) is 24.3 Å². The van der Waals surface area contributed by atoms with Crippen LogP contribution in [0.15, 0.2) is 53.7 Å². The Balaban J connectivity index is 1.72. The van der Waals surface area contributed by atoms with E-state index in [0.29, 0.717) is 27.2 Å². The first-order valence-corrected chi connectivity index (χ1v) is 10.2. The topological polar surface area (TPSA) is 103 Å². The van der Waals surface area contributed by atoms with Crippen LogP contribution < -0.4 is 11.1 Å². The number of amides is 1. The lowest BCUT2D eigenvalue weighted by atomic mass is 10.1. The van der Waals surface area contributed by atoms with Gasteiger partial charge in [-0.25, -0.2) is 0 Å². The molecule has 3 N–H and O–H groups in total. The average Bonchev–Trinajstić information content (AvgIpc) is 3.07. The number of nitrogens with zero attached hydrogens (tertiary/aromatic N) is 3. The number of nitrogens with two attached hydrogens (primary N) is 1. The number of carbonyl (C=O) groups excluding carboxylic acids is 2. The summed E-state index contributed by atoms with van der Waals surface area (Å²) in [7, 11) is 0. The molecule has 1 atom stereocenters. The third-order valence-corrected chi connectivity index (χ3v) is 5.69. The van der Waals surface area contributed by atoms with Crippen LogP contribution in [0.4, 0.5) is 11.6 Å². The Morgan fingerprint density at radius 1 is 1.17 bits per heavy atom. The van der Waals surface area contributed by atoms with Gasteiger partial charge >= 0.3 is 0 Å². The predicted octanol–water partition coefficient (Wildman–Crippen LogP) is 4.21. The van der Waals surface area contributed by atoms with Crippen molar-refractivity contribution in [2.75, 3.05) is 11.1 Å². The number of nitrogen functional groups attached to an aromatic ring is 1. The maximum absolute atomic E-state index is 12.7. The first-order chi connectivity index (χ1) is 13.9. The Labute approximate surface area is 177 Å². The molecule has 2 aromatic carbocycles. The maximum Gasteiger partial charge on any atom is 0.247 e. The van der Waals surface area contributed by atoms with E-state index >= 15 is 0 Å². The molecule has 0 fully saturated rings. The summed E-state index contributed by atoms with van der Waals surface area (Å²) >= 11 is 7.60. The van der Waals surface area contributed by atoms with Crippen molar-refractivity contribution < 1.29 is 9.59 Å². The van der Waals surface area contributed by atoms with Gasteiger partial charge in [0, 0.05) is 22.0 Å². The van der Waals surface area contributed by atoms with Crippen LogP contribution >= 0.6 is 23.4 Å². The molecule has 1 aromatic heterocycles. The van der Waals surface area contributed by atoms with Gasteiger partial charge in [-0.2, -0.15) is 0 Å². The van der Waals surface area contributed by atoms with Crippen molar-refractivity contribution in [3.8, 4) is 0 Å². The molecule has 1 unspecified atom stereocenters. The van der Waals surface area contributed by atoms with Crippen molar-refractivity contribution in [3.63, 3.8) is 0 Å². The molecular formula is C20H20ClN5O2S. The number of hydrogen-bond donors (Lipinski definition) is 2. The molecule has 150 valence electrons. The number of halogens is 1. The SMILES string of the molecule is CC(=O)c1ccc(NC(=O)C(C)n2c(N)nnc2SCc2ccccc2Cl)cc1. The van der Waals surface area contributed by atoms with Gasteiger partial charge in [0.2, 0.25) is 11.9 Å². The quantitative estimate of drug-likeness (QED) is 0.430. The van der Waals surface area contributed by atoms with E-state index in [1.165, 1.54) is 18.7 Å². The average molecular weight is 430 g/mol. The number of nitrogens with one attached hydrogen (secondary N) is 1. The number of rotatable bonds is 7. The number of anilines is 2. The minimum atomic E-state index is -0.633. The van der Waals surface area contributed by atoms with Crippen molar-refractivity contribution in [2.45, 2.75) is 30.8 Å². The zero-order valence-corrected chi connectivity index (χ0v) is 17.5. The monoisotopic (exact) mass is 429 g/mol. The Bertz CT molecular complexity index is 1040. The number of hydrogen-bond acceptors (Lipinski definition) is 6. The summed E-state index contributed by atoms with van der Waals surface area (Å²) in [4.78, 5) is 24.1. The van der Waals surface area contributed by atoms with Crippen LogP contribution in [0.1, 0.15) is 35.8 Å². The number of aromatic nitrogens is 3. The molecule has 0 aliphatic heterocycles. The molecule has 0 saturated carbocycles. The van der Waals surface area contributed by atoms with E-state index in [0.717, 1.165) is 5.56 Å². The van der Waals surface area contributed by atoms with Crippen molar-refractivity contribution in [1.29, 1.82) is 0 Å². The minimum absolute atomic E-state index is 0.0336. The van der Waals surface area contributed by atoms with Gasteiger partial charge in [-0.05, 0) is 49.7 Å². The predicted molar refractivity (Wildman–Crippen MR) is 115 cm³/mol. The zero-order valence-electron chi connectivity index (χ0n) is 15.9. The van der Waals surface area contributed by atoms with Gasteiger partial charge in [-0.1, -0.05) is 41.6 Å². The summed E-state index contributed by atoms with van der Waals surface area (Å²) in [6.07, 6.45) is 0. The van der Waals surface area contributed by atoms with Crippen LogP contribution in [0.5, 0.6) is 0 Å². The van der Waals surface area contributed by atoms with Crippen molar-refractivity contribution in [2.24, 2.45) is 0 Å². The molecule has 9 heteroatoms. The number of Topliss-reactive ketones (excluding diaryl/α,β-unsaturated/α-hetero) is 1. The largest absolute Gasteiger partial charge is 0.368 e. The molecule has 0 spiro atoms. The summed E-state index contributed by atoms with van der Waals surface area (Å²) in [5, 5.41) is 12.0. The summed E-state index contributed by atoms with van der Waals surface area (Å²) in [6.45, 7) is 3.21. The second kappa shape index (κ2) is 9.11. The van der Waals surface area contributed by atoms with E-state index in [-0.39, 0.29) is 17.6 Å².